The molecule has 3 rings (SSSR count). The van der Waals surface area contributed by atoms with Gasteiger partial charge in [-0.1, -0.05) is 6.07 Å². The lowest BCUT2D eigenvalue weighted by Gasteiger charge is -2.13. The van der Waals surface area contributed by atoms with Crippen LogP contribution >= 0.6 is 0 Å². The quantitative estimate of drug-likeness (QED) is 0.867. The highest BCUT2D eigenvalue weighted by Crippen LogP contribution is 2.47. The van der Waals surface area contributed by atoms with E-state index in [9.17, 15) is 4.79 Å². The van der Waals surface area contributed by atoms with Gasteiger partial charge in [-0.15, -0.1) is 0 Å². The number of aromatic amines is 1. The Balaban J connectivity index is 2.18. The van der Waals surface area contributed by atoms with E-state index in [4.69, 9.17) is 5.73 Å². The summed E-state index contributed by atoms with van der Waals surface area (Å²) in [6, 6.07) is 6.42. The fourth-order valence-corrected chi connectivity index (χ4v) is 2.74. The zero-order valence-electron chi connectivity index (χ0n) is 10.9. The van der Waals surface area contributed by atoms with E-state index in [1.165, 1.54) is 5.56 Å². The summed E-state index contributed by atoms with van der Waals surface area (Å²) in [6.07, 6.45) is 2.31. The molecule has 1 aliphatic rings. The van der Waals surface area contributed by atoms with Gasteiger partial charge in [-0.2, -0.15) is 0 Å². The number of aromatic nitrogens is 2. The van der Waals surface area contributed by atoms with E-state index < -0.39 is 0 Å². The van der Waals surface area contributed by atoms with Crippen LogP contribution in [-0.4, -0.2) is 16.1 Å². The normalized spacial score (nSPS) is 17.6. The minimum atomic E-state index is -0.0326. The predicted molar refractivity (Wildman–Crippen MR) is 72.9 cm³/mol. The maximum Gasteiger partial charge on any atom is 0.326 e. The fraction of sp³-hybridized carbons (Fsp3) is 0.500. The first kappa shape index (κ1) is 11.5. The zero-order chi connectivity index (χ0) is 12.9. The number of H-pyrrole nitrogens is 1. The predicted octanol–water partition coefficient (Wildman–Crippen LogP) is 1.90. The van der Waals surface area contributed by atoms with Crippen LogP contribution in [0, 0.1) is 0 Å². The Bertz CT molecular complexity index is 647. The molecule has 1 fully saturated rings. The van der Waals surface area contributed by atoms with Crippen molar-refractivity contribution >= 4 is 11.0 Å². The number of nitrogens with one attached hydrogen (secondary N) is 1. The number of benzene rings is 1. The second kappa shape index (κ2) is 3.72. The second-order valence-electron chi connectivity index (χ2n) is 5.61. The van der Waals surface area contributed by atoms with E-state index in [2.05, 4.69) is 17.1 Å². The summed E-state index contributed by atoms with van der Waals surface area (Å²) in [6.45, 7) is 4.73. The van der Waals surface area contributed by atoms with Gasteiger partial charge in [0.15, 0.2) is 0 Å². The van der Waals surface area contributed by atoms with Gasteiger partial charge in [0.25, 0.3) is 0 Å². The monoisotopic (exact) mass is 245 g/mol. The maximum absolute atomic E-state index is 11.9. The molecule has 18 heavy (non-hydrogen) atoms. The van der Waals surface area contributed by atoms with Crippen molar-refractivity contribution in [3.05, 3.63) is 34.2 Å². The smallest absolute Gasteiger partial charge is 0.326 e. The molecular formula is C14H19N3O. The summed E-state index contributed by atoms with van der Waals surface area (Å²) >= 11 is 0. The van der Waals surface area contributed by atoms with Crippen LogP contribution in [0.1, 0.15) is 38.3 Å². The van der Waals surface area contributed by atoms with Crippen LogP contribution < -0.4 is 11.4 Å². The Labute approximate surface area is 106 Å². The first-order chi connectivity index (χ1) is 8.57. The van der Waals surface area contributed by atoms with Crippen LogP contribution in [0.5, 0.6) is 0 Å². The van der Waals surface area contributed by atoms with Crippen molar-refractivity contribution < 1.29 is 0 Å². The van der Waals surface area contributed by atoms with E-state index in [-0.39, 0.29) is 17.1 Å². The van der Waals surface area contributed by atoms with Gasteiger partial charge < -0.3 is 10.7 Å². The topological polar surface area (TPSA) is 63.8 Å². The van der Waals surface area contributed by atoms with Crippen LogP contribution in [-0.2, 0) is 5.41 Å². The molecule has 4 heteroatoms. The van der Waals surface area contributed by atoms with Crippen LogP contribution in [0.25, 0.3) is 11.0 Å². The Kier molecular flexibility index (Phi) is 2.38. The van der Waals surface area contributed by atoms with Gasteiger partial charge >= 0.3 is 5.69 Å². The molecule has 0 saturated heterocycles. The molecule has 1 aliphatic carbocycles. The van der Waals surface area contributed by atoms with Crippen molar-refractivity contribution in [1.82, 2.24) is 9.55 Å². The SMILES string of the molecule is CC(C)n1c(=O)[nH]c2cc(C3(CN)CC3)ccc21. The van der Waals surface area contributed by atoms with Gasteiger partial charge in [0.2, 0.25) is 0 Å². The summed E-state index contributed by atoms with van der Waals surface area (Å²) in [5, 5.41) is 0. The largest absolute Gasteiger partial charge is 0.330 e. The molecule has 0 unspecified atom stereocenters. The molecule has 0 spiro atoms. The molecule has 0 aliphatic heterocycles. The molecule has 0 amide bonds. The Morgan fingerprint density at radius 1 is 1.44 bits per heavy atom. The van der Waals surface area contributed by atoms with Gasteiger partial charge in [0.05, 0.1) is 11.0 Å². The third-order valence-corrected chi connectivity index (χ3v) is 4.09. The van der Waals surface area contributed by atoms with Gasteiger partial charge in [-0.05, 0) is 44.4 Å². The molecule has 1 heterocycles. The first-order valence-corrected chi connectivity index (χ1v) is 6.52. The number of nitrogens with zero attached hydrogens (tertiary/aromatic N) is 1. The highest BCUT2D eigenvalue weighted by atomic mass is 16.1. The number of hydrogen-bond donors (Lipinski definition) is 2. The standard InChI is InChI=1S/C14H19N3O/c1-9(2)17-12-4-3-10(14(8-15)5-6-14)7-11(12)16-13(17)18/h3-4,7,9H,5-6,8,15H2,1-2H3,(H,16,18). The van der Waals surface area contributed by atoms with Crippen LogP contribution in [0.4, 0.5) is 0 Å². The fourth-order valence-electron chi connectivity index (χ4n) is 2.74. The van der Waals surface area contributed by atoms with Crippen LogP contribution in [0.3, 0.4) is 0 Å². The second-order valence-corrected chi connectivity index (χ2v) is 5.61. The minimum Gasteiger partial charge on any atom is -0.330 e. The number of imidazole rings is 1. The molecule has 0 radical (unpaired) electrons. The van der Waals surface area contributed by atoms with E-state index in [0.29, 0.717) is 6.54 Å². The zero-order valence-corrected chi connectivity index (χ0v) is 10.9. The van der Waals surface area contributed by atoms with Crippen molar-refractivity contribution in [2.45, 2.75) is 38.1 Å². The van der Waals surface area contributed by atoms with Gasteiger partial charge in [-0.3, -0.25) is 4.57 Å². The average Bonchev–Trinajstić information content (AvgIpc) is 3.05. The average molecular weight is 245 g/mol. The minimum absolute atomic E-state index is 0.0326. The lowest BCUT2D eigenvalue weighted by Crippen LogP contribution is -2.19. The molecule has 1 aromatic carbocycles. The molecule has 2 aromatic rings. The summed E-state index contributed by atoms with van der Waals surface area (Å²) in [5.74, 6) is 0. The third-order valence-electron chi connectivity index (χ3n) is 4.09. The highest BCUT2D eigenvalue weighted by Gasteiger charge is 2.42. The van der Waals surface area contributed by atoms with E-state index in [1.54, 1.807) is 4.57 Å². The molecule has 1 saturated carbocycles. The number of fused-ring (bicyclic) bond motifs is 1. The summed E-state index contributed by atoms with van der Waals surface area (Å²) in [4.78, 5) is 14.8. The van der Waals surface area contributed by atoms with Gasteiger partial charge in [0, 0.05) is 18.0 Å². The van der Waals surface area contributed by atoms with Crippen molar-refractivity contribution in [1.29, 1.82) is 0 Å². The van der Waals surface area contributed by atoms with Gasteiger partial charge in [0.1, 0.15) is 0 Å². The van der Waals surface area contributed by atoms with Crippen molar-refractivity contribution in [2.75, 3.05) is 6.54 Å². The maximum atomic E-state index is 11.9. The van der Waals surface area contributed by atoms with E-state index >= 15 is 0 Å². The van der Waals surface area contributed by atoms with Crippen molar-refractivity contribution in [3.63, 3.8) is 0 Å². The lowest BCUT2D eigenvalue weighted by atomic mass is 9.96. The summed E-state index contributed by atoms with van der Waals surface area (Å²) in [5.41, 5.74) is 9.15. The Morgan fingerprint density at radius 3 is 2.72 bits per heavy atom. The van der Waals surface area contributed by atoms with Gasteiger partial charge in [-0.25, -0.2) is 4.79 Å². The molecule has 1 aromatic heterocycles. The summed E-state index contributed by atoms with van der Waals surface area (Å²) < 4.78 is 1.79. The first-order valence-electron chi connectivity index (χ1n) is 6.52. The molecule has 96 valence electrons. The highest BCUT2D eigenvalue weighted by molar-refractivity contribution is 5.76. The van der Waals surface area contributed by atoms with E-state index in [0.717, 1.165) is 23.9 Å². The summed E-state index contributed by atoms with van der Waals surface area (Å²) in [7, 11) is 0. The Morgan fingerprint density at radius 2 is 2.17 bits per heavy atom. The van der Waals surface area contributed by atoms with Crippen molar-refractivity contribution in [2.24, 2.45) is 5.73 Å². The van der Waals surface area contributed by atoms with Crippen molar-refractivity contribution in [3.8, 4) is 0 Å². The third kappa shape index (κ3) is 1.52. The number of rotatable bonds is 3. The lowest BCUT2D eigenvalue weighted by molar-refractivity contribution is 0.598. The Hall–Kier alpha value is -1.55. The molecule has 0 atom stereocenters. The molecular weight excluding hydrogens is 226 g/mol. The van der Waals surface area contributed by atoms with Crippen LogP contribution in [0.2, 0.25) is 0 Å². The number of nitrogens with two attached hydrogens (primary N) is 1. The van der Waals surface area contributed by atoms with E-state index in [1.807, 2.05) is 19.9 Å². The molecule has 4 nitrogen and oxygen atoms in total. The number of hydrogen-bond acceptors (Lipinski definition) is 2. The molecule has 0 bridgehead atoms. The molecule has 3 N–H and O–H groups in total. The van der Waals surface area contributed by atoms with Crippen LogP contribution in [0.15, 0.2) is 23.0 Å².